The Kier molecular flexibility index (Phi) is 4.31. The minimum Gasteiger partial charge on any atom is -0.396 e. The highest BCUT2D eigenvalue weighted by Gasteiger charge is 2.69. The molecule has 4 saturated carbocycles. The molecule has 6 aliphatic rings. The molecular formula is C24H38O5. The van der Waals surface area contributed by atoms with E-state index in [2.05, 4.69) is 13.8 Å². The third kappa shape index (κ3) is 2.46. The second-order valence-corrected chi connectivity index (χ2v) is 11.4. The summed E-state index contributed by atoms with van der Waals surface area (Å²) in [5.74, 6) is 2.23. The number of hydrogen-bond donors (Lipinski definition) is 1. The van der Waals surface area contributed by atoms with Gasteiger partial charge in [-0.05, 0) is 67.1 Å². The van der Waals surface area contributed by atoms with Crippen molar-refractivity contribution < 1.29 is 24.1 Å². The molecule has 2 heterocycles. The summed E-state index contributed by atoms with van der Waals surface area (Å²) in [6, 6.07) is 0. The van der Waals surface area contributed by atoms with Crippen molar-refractivity contribution in [2.75, 3.05) is 33.0 Å². The van der Waals surface area contributed by atoms with Crippen LogP contribution in [0.2, 0.25) is 0 Å². The third-order valence-corrected chi connectivity index (χ3v) is 10.7. The summed E-state index contributed by atoms with van der Waals surface area (Å²) in [5.41, 5.74) is 0.410. The van der Waals surface area contributed by atoms with Crippen LogP contribution in [0.25, 0.3) is 0 Å². The van der Waals surface area contributed by atoms with Crippen LogP contribution in [0.15, 0.2) is 0 Å². The van der Waals surface area contributed by atoms with E-state index in [4.69, 9.17) is 18.9 Å². The first-order chi connectivity index (χ1) is 14.0. The van der Waals surface area contributed by atoms with Gasteiger partial charge >= 0.3 is 0 Å². The molecule has 0 aromatic carbocycles. The van der Waals surface area contributed by atoms with Crippen LogP contribution in [-0.2, 0) is 18.9 Å². The van der Waals surface area contributed by atoms with Crippen LogP contribution in [0, 0.1) is 40.4 Å². The fraction of sp³-hybridized carbons (Fsp3) is 1.00. The normalized spacial score (nSPS) is 52.4. The molecule has 2 unspecified atom stereocenters. The Bertz CT molecular complexity index is 654. The molecule has 0 radical (unpaired) electrons. The monoisotopic (exact) mass is 406 g/mol. The van der Waals surface area contributed by atoms with Crippen LogP contribution in [0.1, 0.15) is 65.2 Å². The maximum atomic E-state index is 10.4. The van der Waals surface area contributed by atoms with Gasteiger partial charge in [-0.15, -0.1) is 0 Å². The lowest BCUT2D eigenvalue weighted by Gasteiger charge is -2.64. The molecule has 2 spiro atoms. The Morgan fingerprint density at radius 3 is 2.21 bits per heavy atom. The van der Waals surface area contributed by atoms with E-state index in [0.717, 1.165) is 64.4 Å². The van der Waals surface area contributed by atoms with Crippen molar-refractivity contribution in [3.8, 4) is 0 Å². The van der Waals surface area contributed by atoms with E-state index in [9.17, 15) is 5.11 Å². The van der Waals surface area contributed by atoms with E-state index >= 15 is 0 Å². The summed E-state index contributed by atoms with van der Waals surface area (Å²) in [7, 11) is 0. The van der Waals surface area contributed by atoms with E-state index in [-0.39, 0.29) is 22.4 Å². The summed E-state index contributed by atoms with van der Waals surface area (Å²) < 4.78 is 24.8. The molecule has 0 aromatic heterocycles. The molecule has 0 amide bonds. The van der Waals surface area contributed by atoms with Crippen molar-refractivity contribution in [2.45, 2.75) is 76.8 Å². The molecule has 7 atom stereocenters. The van der Waals surface area contributed by atoms with Gasteiger partial charge in [0.1, 0.15) is 0 Å². The van der Waals surface area contributed by atoms with Gasteiger partial charge in [0.05, 0.1) is 26.4 Å². The number of fused-ring (bicyclic) bond motifs is 6. The highest BCUT2D eigenvalue weighted by Crippen LogP contribution is 2.71. The molecule has 5 heteroatoms. The van der Waals surface area contributed by atoms with Gasteiger partial charge in [0.15, 0.2) is 11.6 Å². The van der Waals surface area contributed by atoms with Gasteiger partial charge in [-0.25, -0.2) is 0 Å². The maximum Gasteiger partial charge on any atom is 0.174 e. The lowest BCUT2D eigenvalue weighted by molar-refractivity contribution is -0.265. The van der Waals surface area contributed by atoms with Crippen LogP contribution in [0.3, 0.4) is 0 Å². The minimum absolute atomic E-state index is 0.126. The highest BCUT2D eigenvalue weighted by atomic mass is 16.7. The zero-order valence-corrected chi connectivity index (χ0v) is 18.2. The Morgan fingerprint density at radius 2 is 1.48 bits per heavy atom. The fourth-order valence-electron chi connectivity index (χ4n) is 9.28. The Hall–Kier alpha value is -0.200. The van der Waals surface area contributed by atoms with Crippen LogP contribution < -0.4 is 0 Å². The molecule has 1 N–H and O–H groups in total. The summed E-state index contributed by atoms with van der Waals surface area (Å²) in [6.45, 7) is 8.22. The van der Waals surface area contributed by atoms with Gasteiger partial charge in [-0.1, -0.05) is 13.8 Å². The SMILES string of the molecule is C[C@]12CCC3(CC1C(CO)C[C@@H]1[C@@H]2CC[C@@]2(C)[C@H]1CCC21OCCO1)OCCO3. The topological polar surface area (TPSA) is 57.2 Å². The molecule has 0 bridgehead atoms. The quantitative estimate of drug-likeness (QED) is 0.719. The Labute approximate surface area is 174 Å². The zero-order valence-electron chi connectivity index (χ0n) is 18.2. The fourth-order valence-corrected chi connectivity index (χ4v) is 9.28. The summed E-state index contributed by atoms with van der Waals surface area (Å²) in [5, 5.41) is 10.4. The molecule has 2 saturated heterocycles. The van der Waals surface area contributed by atoms with Gasteiger partial charge in [0.2, 0.25) is 0 Å². The predicted molar refractivity (Wildman–Crippen MR) is 107 cm³/mol. The van der Waals surface area contributed by atoms with E-state index in [1.54, 1.807) is 0 Å². The van der Waals surface area contributed by atoms with Crippen molar-refractivity contribution in [1.29, 1.82) is 0 Å². The van der Waals surface area contributed by atoms with Crippen LogP contribution >= 0.6 is 0 Å². The standard InChI is InChI=1S/C24H38O5/c1-21-7-8-23(26-9-10-27-23)14-20(21)16(15-25)13-17-18(21)3-5-22(2)19(17)4-6-24(22)28-11-12-29-24/h16-20,25H,3-15H2,1-2H3/t16?,17-,18+,19+,20?,21-,22+/m1/s1. The van der Waals surface area contributed by atoms with E-state index in [0.29, 0.717) is 30.3 Å². The molecule has 6 rings (SSSR count). The van der Waals surface area contributed by atoms with E-state index in [1.165, 1.54) is 19.3 Å². The van der Waals surface area contributed by atoms with Crippen LogP contribution in [-0.4, -0.2) is 49.7 Å². The van der Waals surface area contributed by atoms with Crippen molar-refractivity contribution in [1.82, 2.24) is 0 Å². The maximum absolute atomic E-state index is 10.4. The van der Waals surface area contributed by atoms with Crippen LogP contribution in [0.4, 0.5) is 0 Å². The van der Waals surface area contributed by atoms with Crippen molar-refractivity contribution in [3.63, 3.8) is 0 Å². The Morgan fingerprint density at radius 1 is 0.793 bits per heavy atom. The average Bonchev–Trinajstić information content (AvgIpc) is 3.44. The number of aliphatic hydroxyl groups is 1. The third-order valence-electron chi connectivity index (χ3n) is 10.7. The van der Waals surface area contributed by atoms with Crippen molar-refractivity contribution >= 4 is 0 Å². The number of rotatable bonds is 1. The van der Waals surface area contributed by atoms with Gasteiger partial charge in [0.25, 0.3) is 0 Å². The summed E-state index contributed by atoms with van der Waals surface area (Å²) in [6.07, 6.45) is 9.04. The Balaban J connectivity index is 1.32. The molecule has 2 aliphatic heterocycles. The van der Waals surface area contributed by atoms with Crippen molar-refractivity contribution in [3.05, 3.63) is 0 Å². The predicted octanol–water partition coefficient (Wildman–Crippen LogP) is 3.73. The molecular weight excluding hydrogens is 368 g/mol. The van der Waals surface area contributed by atoms with E-state index < -0.39 is 0 Å². The van der Waals surface area contributed by atoms with Gasteiger partial charge in [-0.2, -0.15) is 0 Å². The number of hydrogen-bond acceptors (Lipinski definition) is 5. The lowest BCUT2D eigenvalue weighted by Crippen LogP contribution is -2.60. The minimum atomic E-state index is -0.365. The first-order valence-corrected chi connectivity index (χ1v) is 12.1. The lowest BCUT2D eigenvalue weighted by atomic mass is 9.42. The average molecular weight is 407 g/mol. The molecule has 4 aliphatic carbocycles. The molecule has 29 heavy (non-hydrogen) atoms. The highest BCUT2D eigenvalue weighted by molar-refractivity contribution is 5.14. The van der Waals surface area contributed by atoms with Gasteiger partial charge in [-0.3, -0.25) is 0 Å². The number of aliphatic hydroxyl groups excluding tert-OH is 1. The molecule has 0 aromatic rings. The van der Waals surface area contributed by atoms with Gasteiger partial charge in [0, 0.05) is 31.3 Å². The first-order valence-electron chi connectivity index (χ1n) is 12.1. The summed E-state index contributed by atoms with van der Waals surface area (Å²) in [4.78, 5) is 0. The number of ether oxygens (including phenoxy) is 4. The van der Waals surface area contributed by atoms with Crippen molar-refractivity contribution in [2.24, 2.45) is 40.4 Å². The van der Waals surface area contributed by atoms with Crippen LogP contribution in [0.5, 0.6) is 0 Å². The zero-order chi connectivity index (χ0) is 19.9. The molecule has 5 nitrogen and oxygen atoms in total. The summed E-state index contributed by atoms with van der Waals surface area (Å²) >= 11 is 0. The van der Waals surface area contributed by atoms with E-state index in [1.807, 2.05) is 0 Å². The molecule has 6 fully saturated rings. The second kappa shape index (κ2) is 6.41. The first kappa shape index (κ1) is 19.5. The molecule has 164 valence electrons. The largest absolute Gasteiger partial charge is 0.396 e. The smallest absolute Gasteiger partial charge is 0.174 e. The van der Waals surface area contributed by atoms with Gasteiger partial charge < -0.3 is 24.1 Å². The second-order valence-electron chi connectivity index (χ2n) is 11.4.